The molecule has 0 N–H and O–H groups in total. The number of nitrogens with zero attached hydrogens (tertiary/aromatic N) is 3. The zero-order chi connectivity index (χ0) is 11.6. The quantitative estimate of drug-likeness (QED) is 0.547. The highest BCUT2D eigenvalue weighted by Crippen LogP contribution is 2.70. The van der Waals surface area contributed by atoms with Gasteiger partial charge in [-0.3, -0.25) is 4.57 Å². The Morgan fingerprint density at radius 2 is 1.27 bits per heavy atom. The second-order valence-electron chi connectivity index (χ2n) is 6.10. The molecule has 4 nitrogen and oxygen atoms in total. The van der Waals surface area contributed by atoms with Crippen LogP contribution in [0.4, 0.5) is 0 Å². The maximum atomic E-state index is 13.0. The van der Waals surface area contributed by atoms with Gasteiger partial charge >= 0.3 is 0 Å². The summed E-state index contributed by atoms with van der Waals surface area (Å²) < 4.78 is 19.2. The minimum Gasteiger partial charge on any atom is -0.270 e. The van der Waals surface area contributed by atoms with Gasteiger partial charge in [-0.2, -0.15) is 0 Å². The van der Waals surface area contributed by atoms with E-state index in [1.807, 2.05) is 18.8 Å². The lowest BCUT2D eigenvalue weighted by molar-refractivity contribution is 0.406. The van der Waals surface area contributed by atoms with E-state index in [0.29, 0.717) is 0 Å². The topological polar surface area (TPSA) is 26.3 Å². The summed E-state index contributed by atoms with van der Waals surface area (Å²) in [4.78, 5) is 0. The zero-order valence-corrected chi connectivity index (χ0v) is 11.5. The van der Waals surface area contributed by atoms with Crippen molar-refractivity contribution in [1.82, 2.24) is 14.0 Å². The van der Waals surface area contributed by atoms with Gasteiger partial charge in [0.25, 0.3) is 7.59 Å². The Hall–Kier alpha value is 0.110. The molecule has 15 heavy (non-hydrogen) atoms. The third-order valence-corrected chi connectivity index (χ3v) is 7.08. The second kappa shape index (κ2) is 2.86. The van der Waals surface area contributed by atoms with Gasteiger partial charge in [0.1, 0.15) is 0 Å². The molecule has 0 aliphatic carbocycles. The summed E-state index contributed by atoms with van der Waals surface area (Å²) in [5.41, 5.74) is 0.219. The van der Waals surface area contributed by atoms with Crippen molar-refractivity contribution >= 4 is 7.59 Å². The van der Waals surface area contributed by atoms with Gasteiger partial charge in [0.15, 0.2) is 0 Å². The molecule has 0 bridgehead atoms. The third-order valence-electron chi connectivity index (χ3n) is 3.41. The maximum Gasteiger partial charge on any atom is 0.287 e. The van der Waals surface area contributed by atoms with Crippen LogP contribution in [0.3, 0.4) is 0 Å². The van der Waals surface area contributed by atoms with Crippen molar-refractivity contribution < 1.29 is 4.57 Å². The fourth-order valence-corrected chi connectivity index (χ4v) is 5.71. The Bertz CT molecular complexity index is 312. The highest BCUT2D eigenvalue weighted by molar-refractivity contribution is 7.57. The van der Waals surface area contributed by atoms with E-state index in [9.17, 15) is 4.57 Å². The molecule has 2 fully saturated rings. The molecule has 2 heterocycles. The van der Waals surface area contributed by atoms with Gasteiger partial charge in [-0.15, -0.1) is 0 Å². The molecule has 0 amide bonds. The lowest BCUT2D eigenvalue weighted by atomic mass is 10.2. The predicted octanol–water partition coefficient (Wildman–Crippen LogP) is 1.84. The summed E-state index contributed by atoms with van der Waals surface area (Å²) in [5.74, 6) is 0. The molecular weight excluding hydrogens is 209 g/mol. The summed E-state index contributed by atoms with van der Waals surface area (Å²) >= 11 is 0. The maximum absolute atomic E-state index is 13.0. The molecule has 0 aromatic heterocycles. The van der Waals surface area contributed by atoms with Crippen molar-refractivity contribution in [1.29, 1.82) is 0 Å². The van der Waals surface area contributed by atoms with Crippen LogP contribution in [0.1, 0.15) is 27.7 Å². The van der Waals surface area contributed by atoms with Gasteiger partial charge in [-0.05, 0) is 41.8 Å². The van der Waals surface area contributed by atoms with Crippen LogP contribution in [0, 0.1) is 0 Å². The third kappa shape index (κ3) is 1.59. The molecule has 2 aliphatic heterocycles. The van der Waals surface area contributed by atoms with Crippen LogP contribution in [-0.2, 0) is 4.57 Å². The van der Waals surface area contributed by atoms with E-state index in [0.717, 1.165) is 13.1 Å². The number of rotatable bonds is 3. The predicted molar refractivity (Wildman–Crippen MR) is 62.9 cm³/mol. The van der Waals surface area contributed by atoms with Crippen LogP contribution in [0.15, 0.2) is 0 Å². The van der Waals surface area contributed by atoms with E-state index >= 15 is 0 Å². The van der Waals surface area contributed by atoms with Crippen molar-refractivity contribution in [2.75, 3.05) is 27.2 Å². The number of hydrogen-bond acceptors (Lipinski definition) is 1. The normalized spacial score (nSPS) is 39.9. The van der Waals surface area contributed by atoms with Crippen molar-refractivity contribution in [3.8, 4) is 0 Å². The minimum absolute atomic E-state index is 0.110. The molecule has 5 heteroatoms. The average Bonchev–Trinajstić information content (AvgIpc) is 2.87. The van der Waals surface area contributed by atoms with E-state index in [-0.39, 0.29) is 11.1 Å². The Balaban J connectivity index is 2.25. The molecule has 0 saturated carbocycles. The molecule has 0 aromatic rings. The first-order chi connectivity index (χ1) is 6.62. The van der Waals surface area contributed by atoms with Crippen molar-refractivity contribution in [2.45, 2.75) is 38.8 Å². The Morgan fingerprint density at radius 1 is 1.00 bits per heavy atom. The average molecular weight is 231 g/mol. The molecular formula is C10H22N3OP. The van der Waals surface area contributed by atoms with Crippen molar-refractivity contribution in [3.63, 3.8) is 0 Å². The second-order valence-corrected chi connectivity index (χ2v) is 8.89. The lowest BCUT2D eigenvalue weighted by Gasteiger charge is -2.30. The van der Waals surface area contributed by atoms with E-state index < -0.39 is 7.59 Å². The van der Waals surface area contributed by atoms with Gasteiger partial charge in [0, 0.05) is 24.2 Å². The van der Waals surface area contributed by atoms with Crippen LogP contribution < -0.4 is 0 Å². The van der Waals surface area contributed by atoms with Gasteiger partial charge in [-0.25, -0.2) is 14.0 Å². The molecule has 88 valence electrons. The van der Waals surface area contributed by atoms with E-state index in [2.05, 4.69) is 37.0 Å². The van der Waals surface area contributed by atoms with E-state index in [4.69, 9.17) is 0 Å². The van der Waals surface area contributed by atoms with Gasteiger partial charge < -0.3 is 0 Å². The van der Waals surface area contributed by atoms with Crippen LogP contribution in [0.5, 0.6) is 0 Å². The van der Waals surface area contributed by atoms with Gasteiger partial charge in [-0.1, -0.05) is 0 Å². The van der Waals surface area contributed by atoms with E-state index in [1.165, 1.54) is 0 Å². The molecule has 0 radical (unpaired) electrons. The summed E-state index contributed by atoms with van der Waals surface area (Å²) in [7, 11) is 1.38. The SMILES string of the molecule is CN(C)P(=O)(N1CC1(C)C)N1CC1(C)C. The zero-order valence-electron chi connectivity index (χ0n) is 10.6. The molecule has 2 unspecified atom stereocenters. The fraction of sp³-hybridized carbons (Fsp3) is 1.00. The van der Waals surface area contributed by atoms with Crippen LogP contribution in [0.25, 0.3) is 0 Å². The molecule has 2 saturated heterocycles. The Labute approximate surface area is 92.7 Å². The summed E-state index contributed by atoms with van der Waals surface area (Å²) in [5, 5.41) is 0. The highest BCUT2D eigenvalue weighted by Gasteiger charge is 2.64. The van der Waals surface area contributed by atoms with Crippen LogP contribution in [0.2, 0.25) is 0 Å². The molecule has 2 atom stereocenters. The first-order valence-corrected chi connectivity index (χ1v) is 7.03. The first-order valence-electron chi connectivity index (χ1n) is 5.46. The summed E-state index contributed by atoms with van der Waals surface area (Å²) in [6, 6.07) is 0. The molecule has 2 aliphatic rings. The summed E-state index contributed by atoms with van der Waals surface area (Å²) in [6.07, 6.45) is 0. The van der Waals surface area contributed by atoms with Crippen molar-refractivity contribution in [3.05, 3.63) is 0 Å². The van der Waals surface area contributed by atoms with Crippen LogP contribution >= 0.6 is 7.59 Å². The lowest BCUT2D eigenvalue weighted by Crippen LogP contribution is -2.25. The largest absolute Gasteiger partial charge is 0.287 e. The first kappa shape index (κ1) is 11.6. The van der Waals surface area contributed by atoms with E-state index in [1.54, 1.807) is 0 Å². The highest BCUT2D eigenvalue weighted by atomic mass is 31.2. The van der Waals surface area contributed by atoms with Crippen molar-refractivity contribution in [2.24, 2.45) is 0 Å². The number of hydrogen-bond donors (Lipinski definition) is 0. The fourth-order valence-electron chi connectivity index (χ4n) is 2.11. The molecule has 0 aromatic carbocycles. The smallest absolute Gasteiger partial charge is 0.270 e. The van der Waals surface area contributed by atoms with Crippen LogP contribution in [-0.4, -0.2) is 52.3 Å². The monoisotopic (exact) mass is 231 g/mol. The van der Waals surface area contributed by atoms with Gasteiger partial charge in [0.2, 0.25) is 0 Å². The Kier molecular flexibility index (Phi) is 2.21. The molecule has 0 spiro atoms. The minimum atomic E-state index is -2.46. The standard InChI is InChI=1S/C10H22N3OP/c1-9(2)7-12(9)15(14,11(5)6)13-8-10(13,3)4/h7-8H2,1-6H3. The Morgan fingerprint density at radius 3 is 1.40 bits per heavy atom. The van der Waals surface area contributed by atoms with Gasteiger partial charge in [0.05, 0.1) is 0 Å². The molecule has 2 rings (SSSR count). The summed E-state index contributed by atoms with van der Waals surface area (Å²) in [6.45, 7) is 10.5.